The van der Waals surface area contributed by atoms with Gasteiger partial charge in [0.1, 0.15) is 24.2 Å². The van der Waals surface area contributed by atoms with Crippen molar-refractivity contribution in [2.24, 2.45) is 5.73 Å². The summed E-state index contributed by atoms with van der Waals surface area (Å²) in [6, 6.07) is 9.25. The summed E-state index contributed by atoms with van der Waals surface area (Å²) in [5.41, 5.74) is 8.59. The third-order valence-electron chi connectivity index (χ3n) is 6.79. The first-order valence-corrected chi connectivity index (χ1v) is 12.9. The number of fused-ring (bicyclic) bond motifs is 2. The van der Waals surface area contributed by atoms with Crippen molar-refractivity contribution in [2.45, 2.75) is 37.0 Å². The molecule has 0 spiro atoms. The number of carbonyl (C=O) groups excluding carboxylic acids is 3. The topological polar surface area (TPSA) is 223 Å². The Bertz CT molecular complexity index is 1550. The van der Waals surface area contributed by atoms with Gasteiger partial charge >= 0.3 is 5.97 Å². The Kier molecular flexibility index (Phi) is 9.34. The number of aliphatic hydroxyl groups is 2. The molecule has 0 aliphatic heterocycles. The number of nitrogens with two attached hydrogens (primary N) is 1. The third-order valence-corrected chi connectivity index (χ3v) is 6.79. The molecule has 13 nitrogen and oxygen atoms in total. The predicted octanol–water partition coefficient (Wildman–Crippen LogP) is -0.715. The standard InChI is InChI=1S/C28H32N6O7/c29-19(13-35)25(37)32-22(9-15-11-30-20-7-3-1-5-17(15)20)26(38)34-24(14-36)27(39)33-23(28(40)41)10-16-12-31-21-8-4-2-6-18(16)21/h1-8,11-12,19,22-24,30-31,35-36H,9-10,13-14,29H2,(H,32,37)(H,33,39)(H,34,38)(H,40,41). The second-order valence-corrected chi connectivity index (χ2v) is 9.62. The number of nitrogens with one attached hydrogen (secondary N) is 5. The summed E-state index contributed by atoms with van der Waals surface area (Å²) in [4.78, 5) is 56.9. The van der Waals surface area contributed by atoms with Crippen LogP contribution in [0.3, 0.4) is 0 Å². The minimum Gasteiger partial charge on any atom is -0.480 e. The number of benzene rings is 2. The van der Waals surface area contributed by atoms with E-state index in [0.29, 0.717) is 11.1 Å². The van der Waals surface area contributed by atoms with Gasteiger partial charge in [-0.15, -0.1) is 0 Å². The molecule has 216 valence electrons. The number of carboxylic acids is 1. The Morgan fingerprint density at radius 3 is 1.66 bits per heavy atom. The lowest BCUT2D eigenvalue weighted by molar-refractivity contribution is -0.142. The fourth-order valence-corrected chi connectivity index (χ4v) is 4.55. The van der Waals surface area contributed by atoms with Crippen LogP contribution in [-0.4, -0.2) is 86.4 Å². The maximum atomic E-state index is 13.3. The molecule has 4 aromatic rings. The number of aromatic amines is 2. The maximum absolute atomic E-state index is 13.3. The van der Waals surface area contributed by atoms with E-state index in [2.05, 4.69) is 25.9 Å². The molecule has 2 aromatic carbocycles. The van der Waals surface area contributed by atoms with Crippen LogP contribution in [0.4, 0.5) is 0 Å². The molecule has 0 radical (unpaired) electrons. The van der Waals surface area contributed by atoms with Crippen molar-refractivity contribution in [2.75, 3.05) is 13.2 Å². The second-order valence-electron chi connectivity index (χ2n) is 9.62. The van der Waals surface area contributed by atoms with Crippen molar-refractivity contribution in [3.63, 3.8) is 0 Å². The van der Waals surface area contributed by atoms with Crippen LogP contribution in [0.1, 0.15) is 11.1 Å². The molecule has 0 saturated heterocycles. The molecule has 4 rings (SSSR count). The van der Waals surface area contributed by atoms with Gasteiger partial charge in [0.25, 0.3) is 0 Å². The summed E-state index contributed by atoms with van der Waals surface area (Å²) >= 11 is 0. The summed E-state index contributed by atoms with van der Waals surface area (Å²) in [5.74, 6) is -3.82. The van der Waals surface area contributed by atoms with E-state index in [0.717, 1.165) is 21.8 Å². The van der Waals surface area contributed by atoms with Crippen molar-refractivity contribution >= 4 is 45.5 Å². The van der Waals surface area contributed by atoms with Crippen molar-refractivity contribution in [1.29, 1.82) is 0 Å². The van der Waals surface area contributed by atoms with Crippen LogP contribution in [-0.2, 0) is 32.0 Å². The number of rotatable bonds is 13. The van der Waals surface area contributed by atoms with Crippen molar-refractivity contribution in [3.8, 4) is 0 Å². The van der Waals surface area contributed by atoms with Crippen LogP contribution in [0, 0.1) is 0 Å². The minimum atomic E-state index is -1.51. The van der Waals surface area contributed by atoms with E-state index in [1.165, 1.54) is 0 Å². The van der Waals surface area contributed by atoms with Crippen LogP contribution in [0.2, 0.25) is 0 Å². The highest BCUT2D eigenvalue weighted by Crippen LogP contribution is 2.20. The molecule has 41 heavy (non-hydrogen) atoms. The predicted molar refractivity (Wildman–Crippen MR) is 150 cm³/mol. The van der Waals surface area contributed by atoms with Crippen molar-refractivity contribution in [1.82, 2.24) is 25.9 Å². The highest BCUT2D eigenvalue weighted by Gasteiger charge is 2.31. The minimum absolute atomic E-state index is 0.00217. The number of amides is 3. The van der Waals surface area contributed by atoms with Gasteiger partial charge in [0.2, 0.25) is 17.7 Å². The average molecular weight is 565 g/mol. The maximum Gasteiger partial charge on any atom is 0.326 e. The van der Waals surface area contributed by atoms with E-state index in [-0.39, 0.29) is 12.8 Å². The van der Waals surface area contributed by atoms with E-state index in [1.54, 1.807) is 12.4 Å². The molecule has 10 N–H and O–H groups in total. The molecule has 0 fully saturated rings. The largest absolute Gasteiger partial charge is 0.480 e. The van der Waals surface area contributed by atoms with Gasteiger partial charge in [-0.25, -0.2) is 4.79 Å². The fraction of sp³-hybridized carbons (Fsp3) is 0.286. The van der Waals surface area contributed by atoms with Crippen LogP contribution in [0.15, 0.2) is 60.9 Å². The number of aromatic nitrogens is 2. The summed E-state index contributed by atoms with van der Waals surface area (Å²) in [6.07, 6.45) is 3.29. The Morgan fingerprint density at radius 1 is 0.683 bits per heavy atom. The first kappa shape index (κ1) is 29.3. The van der Waals surface area contributed by atoms with E-state index < -0.39 is 61.1 Å². The molecule has 0 aliphatic carbocycles. The molecule has 13 heteroatoms. The zero-order valence-corrected chi connectivity index (χ0v) is 22.0. The quantitative estimate of drug-likeness (QED) is 0.101. The van der Waals surface area contributed by atoms with Crippen LogP contribution >= 0.6 is 0 Å². The zero-order chi connectivity index (χ0) is 29.5. The molecular formula is C28H32N6O7. The lowest BCUT2D eigenvalue weighted by atomic mass is 10.0. The van der Waals surface area contributed by atoms with Gasteiger partial charge in [-0.05, 0) is 23.3 Å². The van der Waals surface area contributed by atoms with Gasteiger partial charge in [0, 0.05) is 47.0 Å². The Labute approximate surface area is 234 Å². The van der Waals surface area contributed by atoms with Crippen LogP contribution in [0.5, 0.6) is 0 Å². The number of aliphatic carboxylic acids is 1. The number of carbonyl (C=O) groups is 4. The molecule has 4 unspecified atom stereocenters. The number of para-hydroxylation sites is 2. The molecule has 0 aliphatic rings. The third kappa shape index (κ3) is 6.90. The molecule has 0 bridgehead atoms. The van der Waals surface area contributed by atoms with Gasteiger partial charge in [-0.2, -0.15) is 0 Å². The van der Waals surface area contributed by atoms with Gasteiger partial charge in [-0.1, -0.05) is 36.4 Å². The molecule has 0 saturated carbocycles. The molecule has 2 aromatic heterocycles. The highest BCUT2D eigenvalue weighted by molar-refractivity contribution is 5.95. The zero-order valence-electron chi connectivity index (χ0n) is 22.0. The highest BCUT2D eigenvalue weighted by atomic mass is 16.4. The van der Waals surface area contributed by atoms with Crippen LogP contribution in [0.25, 0.3) is 21.8 Å². The number of hydrogen-bond donors (Lipinski definition) is 9. The van der Waals surface area contributed by atoms with E-state index in [4.69, 9.17) is 5.73 Å². The molecular weight excluding hydrogens is 532 g/mol. The monoisotopic (exact) mass is 564 g/mol. The van der Waals surface area contributed by atoms with Gasteiger partial charge < -0.3 is 47.0 Å². The van der Waals surface area contributed by atoms with E-state index in [1.807, 2.05) is 48.5 Å². The lowest BCUT2D eigenvalue weighted by Gasteiger charge is -2.24. The van der Waals surface area contributed by atoms with Crippen molar-refractivity contribution < 1.29 is 34.5 Å². The number of carboxylic acid groups (broad SMARTS) is 1. The SMILES string of the molecule is NC(CO)C(=O)NC(Cc1c[nH]c2ccccc12)C(=O)NC(CO)C(=O)NC(Cc1c[nH]c2ccccc12)C(=O)O. The first-order valence-electron chi connectivity index (χ1n) is 12.9. The average Bonchev–Trinajstić information content (AvgIpc) is 3.58. The first-order chi connectivity index (χ1) is 19.7. The molecule has 4 atom stereocenters. The lowest BCUT2D eigenvalue weighted by Crippen LogP contribution is -2.59. The molecule has 2 heterocycles. The second kappa shape index (κ2) is 13.1. The van der Waals surface area contributed by atoms with Crippen molar-refractivity contribution in [3.05, 3.63) is 72.1 Å². The Hall–Kier alpha value is -4.72. The Morgan fingerprint density at radius 2 is 1.15 bits per heavy atom. The number of hydrogen-bond acceptors (Lipinski definition) is 7. The van der Waals surface area contributed by atoms with E-state index >= 15 is 0 Å². The smallest absolute Gasteiger partial charge is 0.326 e. The number of H-pyrrole nitrogens is 2. The Balaban J connectivity index is 1.48. The summed E-state index contributed by atoms with van der Waals surface area (Å²) in [6.45, 7) is -1.48. The molecule has 3 amide bonds. The fourth-order valence-electron chi connectivity index (χ4n) is 4.55. The summed E-state index contributed by atoms with van der Waals surface area (Å²) in [7, 11) is 0. The van der Waals surface area contributed by atoms with Gasteiger partial charge in [0.05, 0.1) is 13.2 Å². The van der Waals surface area contributed by atoms with Gasteiger partial charge in [0.15, 0.2) is 0 Å². The van der Waals surface area contributed by atoms with Crippen LogP contribution < -0.4 is 21.7 Å². The van der Waals surface area contributed by atoms with Gasteiger partial charge in [-0.3, -0.25) is 14.4 Å². The summed E-state index contributed by atoms with van der Waals surface area (Å²) in [5, 5.41) is 37.8. The van der Waals surface area contributed by atoms with E-state index in [9.17, 15) is 34.5 Å². The number of aliphatic hydroxyl groups excluding tert-OH is 2. The normalized spacial score (nSPS) is 14.2. The summed E-state index contributed by atoms with van der Waals surface area (Å²) < 4.78 is 0.